The van der Waals surface area contributed by atoms with Crippen molar-refractivity contribution >= 4 is 8.32 Å². The van der Waals surface area contributed by atoms with Crippen molar-refractivity contribution in [3.05, 3.63) is 65.0 Å². The molecule has 2 rings (SSSR count). The Morgan fingerprint density at radius 2 is 1.80 bits per heavy atom. The van der Waals surface area contributed by atoms with Crippen LogP contribution in [-0.2, 0) is 23.9 Å². The molecule has 1 aromatic heterocycles. The second-order valence-corrected chi connectivity index (χ2v) is 14.5. The molecule has 1 aromatic carbocycles. The molecule has 0 spiro atoms. The highest BCUT2D eigenvalue weighted by atomic mass is 28.4. The van der Waals surface area contributed by atoms with Gasteiger partial charge >= 0.3 is 0 Å². The number of hydrogen-bond donors (Lipinski definition) is 1. The zero-order chi connectivity index (χ0) is 22.4. The van der Waals surface area contributed by atoms with Gasteiger partial charge in [-0.05, 0) is 65.7 Å². The van der Waals surface area contributed by atoms with Gasteiger partial charge in [-0.1, -0.05) is 52.0 Å². The Kier molecular flexibility index (Phi) is 8.37. The Bertz CT molecular complexity index is 854. The molecule has 1 N–H and O–H groups in total. The lowest BCUT2D eigenvalue weighted by atomic mass is 9.86. The number of aromatic nitrogens is 1. The molecule has 2 unspecified atom stereocenters. The van der Waals surface area contributed by atoms with Crippen LogP contribution in [0.2, 0.25) is 18.1 Å². The van der Waals surface area contributed by atoms with E-state index in [1.54, 1.807) is 6.20 Å². The molecule has 0 fully saturated rings. The minimum Gasteiger partial charge on any atom is -0.413 e. The molecular formula is C25H36N2O2Si. The van der Waals surface area contributed by atoms with Crippen LogP contribution in [0.1, 0.15) is 56.0 Å². The molecule has 0 saturated heterocycles. The lowest BCUT2D eigenvalue weighted by Gasteiger charge is -2.36. The third kappa shape index (κ3) is 6.50. The van der Waals surface area contributed by atoms with E-state index < -0.39 is 8.32 Å². The first-order chi connectivity index (χ1) is 14.1. The van der Waals surface area contributed by atoms with Crippen molar-refractivity contribution in [1.29, 1.82) is 5.26 Å². The topological polar surface area (TPSA) is 66.1 Å². The van der Waals surface area contributed by atoms with E-state index in [0.717, 1.165) is 23.2 Å². The Morgan fingerprint density at radius 3 is 2.37 bits per heavy atom. The number of aliphatic hydroxyl groups is 1. The normalized spacial score (nSPS) is 14.2. The average Bonchev–Trinajstić information content (AvgIpc) is 2.67. The molecule has 2 aromatic rings. The zero-order valence-corrected chi connectivity index (χ0v) is 20.3. The van der Waals surface area contributed by atoms with E-state index in [1.807, 2.05) is 18.2 Å². The van der Waals surface area contributed by atoms with Crippen molar-refractivity contribution in [2.45, 2.75) is 71.2 Å². The molecule has 0 aliphatic rings. The molecule has 30 heavy (non-hydrogen) atoms. The molecule has 4 nitrogen and oxygen atoms in total. The van der Waals surface area contributed by atoms with E-state index in [0.29, 0.717) is 13.0 Å². The monoisotopic (exact) mass is 424 g/mol. The third-order valence-corrected chi connectivity index (χ3v) is 10.7. The molecule has 0 aliphatic heterocycles. The second kappa shape index (κ2) is 10.3. The number of hydrogen-bond acceptors (Lipinski definition) is 4. The molecule has 1 heterocycles. The first kappa shape index (κ1) is 24.3. The summed E-state index contributed by atoms with van der Waals surface area (Å²) >= 11 is 0. The summed E-state index contributed by atoms with van der Waals surface area (Å²) in [5.41, 5.74) is 4.25. The Balaban J connectivity index is 2.22. The predicted molar refractivity (Wildman–Crippen MR) is 125 cm³/mol. The van der Waals surface area contributed by atoms with Crippen LogP contribution in [0.5, 0.6) is 0 Å². The van der Waals surface area contributed by atoms with Gasteiger partial charge in [-0.3, -0.25) is 4.98 Å². The Morgan fingerprint density at radius 1 is 1.13 bits per heavy atom. The van der Waals surface area contributed by atoms with Gasteiger partial charge in [0, 0.05) is 12.8 Å². The van der Waals surface area contributed by atoms with E-state index >= 15 is 0 Å². The minimum atomic E-state index is -1.84. The van der Waals surface area contributed by atoms with Gasteiger partial charge in [0.2, 0.25) is 0 Å². The lowest BCUT2D eigenvalue weighted by molar-refractivity contribution is 0.275. The molecule has 0 aliphatic carbocycles. The maximum Gasteiger partial charge on any atom is 0.192 e. The summed E-state index contributed by atoms with van der Waals surface area (Å²) in [5.74, 6) is -0.122. The molecule has 0 saturated carbocycles. The van der Waals surface area contributed by atoms with Crippen molar-refractivity contribution in [2.75, 3.05) is 6.61 Å². The van der Waals surface area contributed by atoms with Crippen LogP contribution in [0.25, 0.3) is 0 Å². The van der Waals surface area contributed by atoms with Crippen molar-refractivity contribution in [2.24, 2.45) is 5.92 Å². The van der Waals surface area contributed by atoms with E-state index in [-0.39, 0.29) is 23.5 Å². The first-order valence-electron chi connectivity index (χ1n) is 10.7. The van der Waals surface area contributed by atoms with E-state index in [9.17, 15) is 10.4 Å². The predicted octanol–water partition coefficient (Wildman–Crippen LogP) is 5.62. The summed E-state index contributed by atoms with van der Waals surface area (Å²) in [6, 6.07) is 14.6. The van der Waals surface area contributed by atoms with Crippen LogP contribution >= 0.6 is 0 Å². The number of benzene rings is 1. The average molecular weight is 425 g/mol. The fourth-order valence-electron chi connectivity index (χ4n) is 3.33. The van der Waals surface area contributed by atoms with Gasteiger partial charge < -0.3 is 9.53 Å². The maximum absolute atomic E-state index is 9.73. The van der Waals surface area contributed by atoms with Crippen LogP contribution in [0, 0.1) is 17.2 Å². The summed E-state index contributed by atoms with van der Waals surface area (Å²) < 4.78 is 6.43. The number of rotatable bonds is 9. The summed E-state index contributed by atoms with van der Waals surface area (Å²) in [6.45, 7) is 14.1. The van der Waals surface area contributed by atoms with Gasteiger partial charge in [0.05, 0.1) is 24.3 Å². The minimum absolute atomic E-state index is 0.121. The van der Waals surface area contributed by atoms with Gasteiger partial charge in [-0.2, -0.15) is 5.26 Å². The fraction of sp³-hybridized carbons (Fsp3) is 0.520. The standard InChI is InChI=1S/C25H36N2O2Si/c1-19(23(17-26)24-9-7-8-11-27-24)13-21-14-20(10-12-28)15-22(16-21)18-29-30(5,6)25(2,3)4/h7-9,11,14-16,19,23,28H,10,12-13,18H2,1-6H3. The highest BCUT2D eigenvalue weighted by Gasteiger charge is 2.37. The summed E-state index contributed by atoms with van der Waals surface area (Å²) in [7, 11) is -1.84. The SMILES string of the molecule is CC(Cc1cc(CCO)cc(CO[Si](C)(C)C(C)(C)C)c1)C(C#N)c1ccccn1. The van der Waals surface area contributed by atoms with Crippen LogP contribution < -0.4 is 0 Å². The highest BCUT2D eigenvalue weighted by molar-refractivity contribution is 6.74. The molecule has 0 amide bonds. The number of nitrogens with zero attached hydrogens (tertiary/aromatic N) is 2. The van der Waals surface area contributed by atoms with E-state index in [4.69, 9.17) is 4.43 Å². The van der Waals surface area contributed by atoms with Gasteiger partial charge in [0.15, 0.2) is 8.32 Å². The third-order valence-electron chi connectivity index (χ3n) is 6.19. The number of nitriles is 1. The van der Waals surface area contributed by atoms with Gasteiger partial charge in [-0.15, -0.1) is 0 Å². The quantitative estimate of drug-likeness (QED) is 0.530. The molecule has 0 radical (unpaired) electrons. The van der Waals surface area contributed by atoms with Crippen molar-refractivity contribution in [1.82, 2.24) is 4.98 Å². The highest BCUT2D eigenvalue weighted by Crippen LogP contribution is 2.37. The lowest BCUT2D eigenvalue weighted by Crippen LogP contribution is -2.40. The first-order valence-corrected chi connectivity index (χ1v) is 13.7. The largest absolute Gasteiger partial charge is 0.413 e. The van der Waals surface area contributed by atoms with E-state index in [2.05, 4.69) is 70.0 Å². The van der Waals surface area contributed by atoms with Crippen molar-refractivity contribution in [3.63, 3.8) is 0 Å². The summed E-state index contributed by atoms with van der Waals surface area (Å²) in [6.07, 6.45) is 3.14. The maximum atomic E-state index is 9.73. The number of pyridine rings is 1. The van der Waals surface area contributed by atoms with Crippen LogP contribution in [0.4, 0.5) is 0 Å². The summed E-state index contributed by atoms with van der Waals surface area (Å²) in [5, 5.41) is 19.3. The molecule has 0 bridgehead atoms. The van der Waals surface area contributed by atoms with Crippen molar-refractivity contribution < 1.29 is 9.53 Å². The number of aliphatic hydroxyl groups excluding tert-OH is 1. The van der Waals surface area contributed by atoms with Crippen LogP contribution in [0.3, 0.4) is 0 Å². The Labute approximate surface area is 183 Å². The van der Waals surface area contributed by atoms with Gasteiger partial charge in [-0.25, -0.2) is 0 Å². The molecule has 2 atom stereocenters. The molecular weight excluding hydrogens is 388 g/mol. The van der Waals surface area contributed by atoms with E-state index in [1.165, 1.54) is 5.56 Å². The zero-order valence-electron chi connectivity index (χ0n) is 19.3. The van der Waals surface area contributed by atoms with Crippen LogP contribution in [0.15, 0.2) is 42.6 Å². The smallest absolute Gasteiger partial charge is 0.192 e. The molecule has 162 valence electrons. The second-order valence-electron chi connectivity index (χ2n) is 9.72. The Hall–Kier alpha value is -2.00. The van der Waals surface area contributed by atoms with Crippen LogP contribution in [-0.4, -0.2) is 25.0 Å². The summed E-state index contributed by atoms with van der Waals surface area (Å²) in [4.78, 5) is 4.39. The van der Waals surface area contributed by atoms with Crippen molar-refractivity contribution in [3.8, 4) is 6.07 Å². The van der Waals surface area contributed by atoms with Gasteiger partial charge in [0.25, 0.3) is 0 Å². The molecule has 5 heteroatoms. The fourth-order valence-corrected chi connectivity index (χ4v) is 4.29. The van der Waals surface area contributed by atoms with Gasteiger partial charge in [0.1, 0.15) is 0 Å².